The van der Waals surface area contributed by atoms with E-state index in [4.69, 9.17) is 16.3 Å². The summed E-state index contributed by atoms with van der Waals surface area (Å²) in [5.74, 6) is -1.00. The molecule has 22 heavy (non-hydrogen) atoms. The summed E-state index contributed by atoms with van der Waals surface area (Å²) >= 11 is 10.2. The van der Waals surface area contributed by atoms with Gasteiger partial charge in [0.2, 0.25) is 5.91 Å². The molecule has 0 unspecified atom stereocenters. The normalized spacial score (nSPS) is 10.3. The number of esters is 1. The molecular weight excluding hydrogens is 390 g/mol. The quantitative estimate of drug-likeness (QED) is 0.590. The van der Waals surface area contributed by atoms with Crippen LogP contribution in [0.4, 0.5) is 5.00 Å². The van der Waals surface area contributed by atoms with Crippen molar-refractivity contribution >= 4 is 55.7 Å². The van der Waals surface area contributed by atoms with Gasteiger partial charge in [0.1, 0.15) is 16.4 Å². The topological polar surface area (TPSA) is 55.4 Å². The Balaban J connectivity index is 2.47. The molecule has 0 saturated carbocycles. The van der Waals surface area contributed by atoms with Crippen molar-refractivity contribution in [2.24, 2.45) is 0 Å². The molecular formula is C15H13BrClNO3S. The molecule has 0 bridgehead atoms. The molecule has 0 aliphatic carbocycles. The fraction of sp³-hybridized carbons (Fsp3) is 0.200. The van der Waals surface area contributed by atoms with Gasteiger partial charge in [-0.3, -0.25) is 4.79 Å². The Labute approximate surface area is 145 Å². The number of nitrogens with one attached hydrogen (secondary N) is 1. The van der Waals surface area contributed by atoms with Gasteiger partial charge in [0.15, 0.2) is 0 Å². The van der Waals surface area contributed by atoms with Crippen LogP contribution in [0.3, 0.4) is 0 Å². The number of hydrogen-bond donors (Lipinski definition) is 1. The number of ether oxygens (including phenoxy) is 1. The van der Waals surface area contributed by atoms with Crippen molar-refractivity contribution in [3.8, 4) is 11.1 Å². The second-order valence-corrected chi connectivity index (χ2v) is 6.33. The van der Waals surface area contributed by atoms with Crippen LogP contribution in [0.25, 0.3) is 11.1 Å². The molecule has 0 saturated heterocycles. The van der Waals surface area contributed by atoms with Crippen LogP contribution in [0, 0.1) is 0 Å². The maximum Gasteiger partial charge on any atom is 0.341 e. The summed E-state index contributed by atoms with van der Waals surface area (Å²) in [6, 6.07) is 7.56. The number of thiophene rings is 1. The Hall–Kier alpha value is -1.37. The standard InChI is InChI=1S/C15H13BrClNO3S/c1-2-21-15(20)13-11(9-3-5-10(16)6-4-9)8-22-14(13)18-12(19)7-17/h3-6,8H,2,7H2,1H3,(H,18,19). The lowest BCUT2D eigenvalue weighted by atomic mass is 10.0. The Morgan fingerprint density at radius 2 is 2.00 bits per heavy atom. The molecule has 0 spiro atoms. The lowest BCUT2D eigenvalue weighted by Crippen LogP contribution is -2.15. The molecule has 1 heterocycles. The Kier molecular flexibility index (Phi) is 5.99. The molecule has 0 radical (unpaired) electrons. The van der Waals surface area contributed by atoms with Crippen molar-refractivity contribution in [1.82, 2.24) is 0 Å². The van der Waals surface area contributed by atoms with Gasteiger partial charge in [-0.25, -0.2) is 4.79 Å². The maximum atomic E-state index is 12.2. The van der Waals surface area contributed by atoms with E-state index in [1.54, 1.807) is 6.92 Å². The first-order valence-corrected chi connectivity index (χ1v) is 8.67. The van der Waals surface area contributed by atoms with Crippen LogP contribution in [-0.2, 0) is 9.53 Å². The Morgan fingerprint density at radius 3 is 2.59 bits per heavy atom. The highest BCUT2D eigenvalue weighted by molar-refractivity contribution is 9.10. The van der Waals surface area contributed by atoms with Crippen LogP contribution in [0.5, 0.6) is 0 Å². The Morgan fingerprint density at radius 1 is 1.32 bits per heavy atom. The minimum Gasteiger partial charge on any atom is -0.462 e. The van der Waals surface area contributed by atoms with E-state index in [1.807, 2.05) is 29.6 Å². The van der Waals surface area contributed by atoms with Gasteiger partial charge >= 0.3 is 5.97 Å². The smallest absolute Gasteiger partial charge is 0.341 e. The van der Waals surface area contributed by atoms with Gasteiger partial charge in [0.25, 0.3) is 0 Å². The molecule has 0 aliphatic rings. The average molecular weight is 403 g/mol. The second kappa shape index (κ2) is 7.76. The molecule has 0 fully saturated rings. The fourth-order valence-corrected chi connectivity index (χ4v) is 3.16. The number of rotatable bonds is 5. The summed E-state index contributed by atoms with van der Waals surface area (Å²) in [7, 11) is 0. The summed E-state index contributed by atoms with van der Waals surface area (Å²) < 4.78 is 6.05. The first-order chi connectivity index (χ1) is 10.6. The van der Waals surface area contributed by atoms with E-state index < -0.39 is 5.97 Å². The lowest BCUT2D eigenvalue weighted by Gasteiger charge is -2.08. The highest BCUT2D eigenvalue weighted by atomic mass is 79.9. The summed E-state index contributed by atoms with van der Waals surface area (Å²) in [5.41, 5.74) is 1.95. The van der Waals surface area contributed by atoms with E-state index in [0.717, 1.165) is 15.6 Å². The van der Waals surface area contributed by atoms with E-state index in [9.17, 15) is 9.59 Å². The predicted molar refractivity (Wildman–Crippen MR) is 92.8 cm³/mol. The van der Waals surface area contributed by atoms with Crippen LogP contribution in [0.1, 0.15) is 17.3 Å². The molecule has 2 aromatic rings. The van der Waals surface area contributed by atoms with Gasteiger partial charge in [0, 0.05) is 15.4 Å². The zero-order valence-electron chi connectivity index (χ0n) is 11.7. The van der Waals surface area contributed by atoms with Gasteiger partial charge in [-0.2, -0.15) is 0 Å². The highest BCUT2D eigenvalue weighted by Gasteiger charge is 2.22. The monoisotopic (exact) mass is 401 g/mol. The Bertz CT molecular complexity index is 685. The minimum absolute atomic E-state index is 0.173. The number of carbonyl (C=O) groups is 2. The third kappa shape index (κ3) is 3.88. The number of halogens is 2. The molecule has 1 aromatic carbocycles. The van der Waals surface area contributed by atoms with E-state index in [2.05, 4.69) is 21.2 Å². The molecule has 7 heteroatoms. The first kappa shape index (κ1) is 17.0. The van der Waals surface area contributed by atoms with Gasteiger partial charge in [0.05, 0.1) is 6.61 Å². The first-order valence-electron chi connectivity index (χ1n) is 6.47. The van der Waals surface area contributed by atoms with E-state index in [0.29, 0.717) is 10.6 Å². The van der Waals surface area contributed by atoms with Crippen molar-refractivity contribution in [3.05, 3.63) is 39.7 Å². The lowest BCUT2D eigenvalue weighted by molar-refractivity contribution is -0.113. The van der Waals surface area contributed by atoms with E-state index >= 15 is 0 Å². The summed E-state index contributed by atoms with van der Waals surface area (Å²) in [5, 5.41) is 4.90. The van der Waals surface area contributed by atoms with Crippen LogP contribution in [0.2, 0.25) is 0 Å². The predicted octanol–water partition coefficient (Wildman–Crippen LogP) is 4.53. The van der Waals surface area contributed by atoms with Gasteiger partial charge in [-0.15, -0.1) is 22.9 Å². The van der Waals surface area contributed by atoms with Crippen LogP contribution in [0.15, 0.2) is 34.1 Å². The number of anilines is 1. The molecule has 1 aromatic heterocycles. The van der Waals surface area contributed by atoms with Crippen LogP contribution >= 0.6 is 38.9 Å². The van der Waals surface area contributed by atoms with E-state index in [1.165, 1.54) is 11.3 Å². The molecule has 4 nitrogen and oxygen atoms in total. The molecule has 1 amide bonds. The number of alkyl halides is 1. The summed E-state index contributed by atoms with van der Waals surface area (Å²) in [6.45, 7) is 2.00. The third-order valence-electron chi connectivity index (χ3n) is 2.80. The zero-order chi connectivity index (χ0) is 16.1. The zero-order valence-corrected chi connectivity index (χ0v) is 14.8. The minimum atomic E-state index is -0.466. The van der Waals surface area contributed by atoms with Crippen molar-refractivity contribution in [3.63, 3.8) is 0 Å². The maximum absolute atomic E-state index is 12.2. The van der Waals surface area contributed by atoms with Gasteiger partial charge in [-0.1, -0.05) is 28.1 Å². The van der Waals surface area contributed by atoms with Crippen LogP contribution < -0.4 is 5.32 Å². The molecule has 0 aliphatic heterocycles. The highest BCUT2D eigenvalue weighted by Crippen LogP contribution is 2.36. The van der Waals surface area contributed by atoms with Crippen LogP contribution in [-0.4, -0.2) is 24.4 Å². The molecule has 0 atom stereocenters. The number of benzene rings is 1. The van der Waals surface area contributed by atoms with Crippen molar-refractivity contribution in [2.45, 2.75) is 6.92 Å². The SMILES string of the molecule is CCOC(=O)c1c(-c2ccc(Br)cc2)csc1NC(=O)CCl. The summed E-state index contributed by atoms with van der Waals surface area (Å²) in [4.78, 5) is 23.8. The van der Waals surface area contributed by atoms with Crippen molar-refractivity contribution in [2.75, 3.05) is 17.8 Å². The van der Waals surface area contributed by atoms with Crippen molar-refractivity contribution in [1.29, 1.82) is 0 Å². The van der Waals surface area contributed by atoms with Gasteiger partial charge < -0.3 is 10.1 Å². The largest absolute Gasteiger partial charge is 0.462 e. The van der Waals surface area contributed by atoms with Gasteiger partial charge in [-0.05, 0) is 24.6 Å². The van der Waals surface area contributed by atoms with Crippen molar-refractivity contribution < 1.29 is 14.3 Å². The molecule has 2 rings (SSSR count). The number of carbonyl (C=O) groups excluding carboxylic acids is 2. The molecule has 116 valence electrons. The third-order valence-corrected chi connectivity index (χ3v) is 4.47. The average Bonchev–Trinajstić information content (AvgIpc) is 2.91. The fourth-order valence-electron chi connectivity index (χ4n) is 1.86. The second-order valence-electron chi connectivity index (χ2n) is 4.26. The number of hydrogen-bond acceptors (Lipinski definition) is 4. The van der Waals surface area contributed by atoms with E-state index in [-0.39, 0.29) is 18.4 Å². The summed E-state index contributed by atoms with van der Waals surface area (Å²) in [6.07, 6.45) is 0. The number of amides is 1. The molecule has 1 N–H and O–H groups in total.